The second-order valence-electron chi connectivity index (χ2n) is 4.01. The number of hydrogen-bond acceptors (Lipinski definition) is 4. The smallest absolute Gasteiger partial charge is 0.124 e. The fraction of sp³-hybridized carbons (Fsp3) is 0.286. The molecule has 5 heteroatoms. The average molecular weight is 338 g/mol. The van der Waals surface area contributed by atoms with Gasteiger partial charge in [0.2, 0.25) is 0 Å². The molecule has 0 fully saturated rings. The summed E-state index contributed by atoms with van der Waals surface area (Å²) in [5, 5.41) is 3.38. The molecule has 0 saturated heterocycles. The average Bonchev–Trinajstić information content (AvgIpc) is 2.42. The van der Waals surface area contributed by atoms with Crippen LogP contribution in [-0.2, 0) is 13.1 Å². The van der Waals surface area contributed by atoms with Gasteiger partial charge >= 0.3 is 0 Å². The standard InChI is InChI=1S/C14H16BrN3S/c1-2-19-13-5-3-4-11(6-13)7-16-8-12-9-18-14(15)10-17-12/h3-6,9-10,16H,2,7-8H2,1H3. The summed E-state index contributed by atoms with van der Waals surface area (Å²) in [6.45, 7) is 3.74. The van der Waals surface area contributed by atoms with Crippen LogP contribution in [0.1, 0.15) is 18.2 Å². The van der Waals surface area contributed by atoms with Crippen molar-refractivity contribution in [3.05, 3.63) is 52.5 Å². The fourth-order valence-corrected chi connectivity index (χ4v) is 2.62. The highest BCUT2D eigenvalue weighted by molar-refractivity contribution is 9.10. The van der Waals surface area contributed by atoms with Crippen molar-refractivity contribution in [3.8, 4) is 0 Å². The van der Waals surface area contributed by atoms with Crippen molar-refractivity contribution < 1.29 is 0 Å². The predicted octanol–water partition coefficient (Wildman–Crippen LogP) is 3.64. The maximum absolute atomic E-state index is 4.28. The van der Waals surface area contributed by atoms with Crippen molar-refractivity contribution in [2.45, 2.75) is 24.9 Å². The molecule has 0 spiro atoms. The molecule has 19 heavy (non-hydrogen) atoms. The lowest BCUT2D eigenvalue weighted by molar-refractivity contribution is 0.675. The molecular formula is C14H16BrN3S. The molecule has 1 heterocycles. The van der Waals surface area contributed by atoms with E-state index in [0.717, 1.165) is 29.1 Å². The highest BCUT2D eigenvalue weighted by atomic mass is 79.9. The van der Waals surface area contributed by atoms with Gasteiger partial charge in [0.1, 0.15) is 4.60 Å². The predicted molar refractivity (Wildman–Crippen MR) is 83.1 cm³/mol. The molecule has 3 nitrogen and oxygen atoms in total. The molecular weight excluding hydrogens is 322 g/mol. The third kappa shape index (κ3) is 4.93. The van der Waals surface area contributed by atoms with E-state index in [-0.39, 0.29) is 0 Å². The first-order chi connectivity index (χ1) is 9.28. The number of rotatable bonds is 6. The highest BCUT2D eigenvalue weighted by Crippen LogP contribution is 2.18. The molecule has 1 aromatic carbocycles. The molecule has 0 unspecified atom stereocenters. The lowest BCUT2D eigenvalue weighted by Crippen LogP contribution is -2.13. The van der Waals surface area contributed by atoms with Crippen LogP contribution >= 0.6 is 27.7 Å². The molecule has 0 bridgehead atoms. The Bertz CT molecular complexity index is 516. The van der Waals surface area contributed by atoms with Gasteiger partial charge in [-0.25, -0.2) is 4.98 Å². The monoisotopic (exact) mass is 337 g/mol. The van der Waals surface area contributed by atoms with Gasteiger partial charge in [0.05, 0.1) is 18.1 Å². The van der Waals surface area contributed by atoms with Crippen molar-refractivity contribution in [2.75, 3.05) is 5.75 Å². The number of hydrogen-bond donors (Lipinski definition) is 1. The lowest BCUT2D eigenvalue weighted by atomic mass is 10.2. The molecule has 0 aliphatic carbocycles. The van der Waals surface area contributed by atoms with Crippen molar-refractivity contribution in [1.29, 1.82) is 0 Å². The SMILES string of the molecule is CCSc1cccc(CNCc2cnc(Br)cn2)c1. The van der Waals surface area contributed by atoms with E-state index in [2.05, 4.69) is 62.4 Å². The second-order valence-corrected chi connectivity index (χ2v) is 6.16. The van der Waals surface area contributed by atoms with Gasteiger partial charge in [-0.15, -0.1) is 11.8 Å². The summed E-state index contributed by atoms with van der Waals surface area (Å²) in [7, 11) is 0. The van der Waals surface area contributed by atoms with E-state index in [0.29, 0.717) is 0 Å². The number of thioether (sulfide) groups is 1. The summed E-state index contributed by atoms with van der Waals surface area (Å²) in [6.07, 6.45) is 3.50. The molecule has 0 aliphatic heterocycles. The maximum atomic E-state index is 4.28. The van der Waals surface area contributed by atoms with Gasteiger partial charge in [0.25, 0.3) is 0 Å². The molecule has 0 saturated carbocycles. The number of nitrogens with one attached hydrogen (secondary N) is 1. The summed E-state index contributed by atoms with van der Waals surface area (Å²) in [5.41, 5.74) is 2.24. The van der Waals surface area contributed by atoms with Gasteiger partial charge in [0.15, 0.2) is 0 Å². The molecule has 0 radical (unpaired) electrons. The van der Waals surface area contributed by atoms with Gasteiger partial charge in [-0.05, 0) is 39.4 Å². The Labute approximate surface area is 126 Å². The quantitative estimate of drug-likeness (QED) is 0.816. The van der Waals surface area contributed by atoms with E-state index < -0.39 is 0 Å². The van der Waals surface area contributed by atoms with Crippen molar-refractivity contribution in [1.82, 2.24) is 15.3 Å². The minimum atomic E-state index is 0.728. The summed E-state index contributed by atoms with van der Waals surface area (Å²) >= 11 is 5.14. The van der Waals surface area contributed by atoms with E-state index in [4.69, 9.17) is 0 Å². The van der Waals surface area contributed by atoms with Crippen LogP contribution in [0.25, 0.3) is 0 Å². The zero-order chi connectivity index (χ0) is 13.5. The van der Waals surface area contributed by atoms with E-state index in [1.807, 2.05) is 11.8 Å². The normalized spacial score (nSPS) is 10.6. The van der Waals surface area contributed by atoms with Gasteiger partial charge < -0.3 is 5.32 Å². The van der Waals surface area contributed by atoms with Gasteiger partial charge in [0, 0.05) is 18.0 Å². The molecule has 100 valence electrons. The van der Waals surface area contributed by atoms with Crippen LogP contribution in [0.2, 0.25) is 0 Å². The van der Waals surface area contributed by atoms with Gasteiger partial charge in [-0.2, -0.15) is 0 Å². The Kier molecular flexibility index (Phi) is 5.82. The highest BCUT2D eigenvalue weighted by Gasteiger charge is 1.98. The van der Waals surface area contributed by atoms with Crippen molar-refractivity contribution >= 4 is 27.7 Å². The van der Waals surface area contributed by atoms with E-state index in [1.165, 1.54) is 10.5 Å². The van der Waals surface area contributed by atoms with Crippen LogP contribution in [0.3, 0.4) is 0 Å². The summed E-state index contributed by atoms with van der Waals surface area (Å²) in [5.74, 6) is 1.10. The number of nitrogens with zero attached hydrogens (tertiary/aromatic N) is 2. The number of halogens is 1. The summed E-state index contributed by atoms with van der Waals surface area (Å²) in [6, 6.07) is 8.63. The van der Waals surface area contributed by atoms with Crippen molar-refractivity contribution in [2.24, 2.45) is 0 Å². The Morgan fingerprint density at radius 3 is 2.84 bits per heavy atom. The third-order valence-corrected chi connectivity index (χ3v) is 3.80. The molecule has 2 aromatic rings. The van der Waals surface area contributed by atoms with Crippen LogP contribution in [0.15, 0.2) is 46.2 Å². The van der Waals surface area contributed by atoms with Crippen LogP contribution in [-0.4, -0.2) is 15.7 Å². The van der Waals surface area contributed by atoms with Crippen molar-refractivity contribution in [3.63, 3.8) is 0 Å². The third-order valence-electron chi connectivity index (χ3n) is 2.52. The topological polar surface area (TPSA) is 37.8 Å². The molecule has 1 aromatic heterocycles. The van der Waals surface area contributed by atoms with E-state index in [1.54, 1.807) is 12.4 Å². The molecule has 2 rings (SSSR count). The molecule has 0 amide bonds. The van der Waals surface area contributed by atoms with Gasteiger partial charge in [-0.1, -0.05) is 19.1 Å². The van der Waals surface area contributed by atoms with E-state index >= 15 is 0 Å². The number of aromatic nitrogens is 2. The minimum absolute atomic E-state index is 0.728. The van der Waals surface area contributed by atoms with Crippen LogP contribution in [0.5, 0.6) is 0 Å². The Morgan fingerprint density at radius 1 is 1.21 bits per heavy atom. The van der Waals surface area contributed by atoms with Crippen LogP contribution < -0.4 is 5.32 Å². The zero-order valence-electron chi connectivity index (χ0n) is 10.8. The lowest BCUT2D eigenvalue weighted by Gasteiger charge is -2.06. The zero-order valence-corrected chi connectivity index (χ0v) is 13.2. The molecule has 1 N–H and O–H groups in total. The Balaban J connectivity index is 1.85. The van der Waals surface area contributed by atoms with Crippen LogP contribution in [0, 0.1) is 0 Å². The molecule has 0 aliphatic rings. The summed E-state index contributed by atoms with van der Waals surface area (Å²) < 4.78 is 0.764. The van der Waals surface area contributed by atoms with E-state index in [9.17, 15) is 0 Å². The largest absolute Gasteiger partial charge is 0.307 e. The first-order valence-corrected chi connectivity index (χ1v) is 7.94. The fourth-order valence-electron chi connectivity index (χ4n) is 1.68. The summed E-state index contributed by atoms with van der Waals surface area (Å²) in [4.78, 5) is 9.76. The van der Waals surface area contributed by atoms with Crippen LogP contribution in [0.4, 0.5) is 0 Å². The Hall–Kier alpha value is -0.910. The maximum Gasteiger partial charge on any atom is 0.124 e. The number of benzene rings is 1. The minimum Gasteiger partial charge on any atom is -0.307 e. The molecule has 0 atom stereocenters. The Morgan fingerprint density at radius 2 is 2.11 bits per heavy atom. The first kappa shape index (κ1) is 14.5. The first-order valence-electron chi connectivity index (χ1n) is 6.17. The van der Waals surface area contributed by atoms with Gasteiger partial charge in [-0.3, -0.25) is 4.98 Å². The second kappa shape index (κ2) is 7.62.